The lowest BCUT2D eigenvalue weighted by Gasteiger charge is -2.08. The first-order chi connectivity index (χ1) is 8.79. The Labute approximate surface area is 117 Å². The molecule has 0 aliphatic heterocycles. The Morgan fingerprint density at radius 3 is 2.61 bits per heavy atom. The third-order valence-corrected chi connectivity index (χ3v) is 3.43. The number of halogens is 1. The normalized spacial score (nSPS) is 10.3. The molecule has 94 valence electrons. The van der Waals surface area contributed by atoms with Gasteiger partial charge in [0.05, 0.1) is 4.47 Å². The van der Waals surface area contributed by atoms with E-state index in [1.807, 2.05) is 12.1 Å². The summed E-state index contributed by atoms with van der Waals surface area (Å²) in [6.07, 6.45) is 5.42. The first-order valence-corrected chi connectivity index (χ1v) is 7.05. The number of benzene rings is 1. The lowest BCUT2D eigenvalue weighted by molar-refractivity contribution is 0.795. The fourth-order valence-electron chi connectivity index (χ4n) is 1.75. The molecule has 2 nitrogen and oxygen atoms in total. The molecule has 0 saturated heterocycles. The van der Waals surface area contributed by atoms with Crippen LogP contribution in [0.5, 0.6) is 0 Å². The summed E-state index contributed by atoms with van der Waals surface area (Å²) >= 11 is 3.48. The molecular weight excluding hydrogens is 288 g/mol. The van der Waals surface area contributed by atoms with Gasteiger partial charge in [-0.25, -0.2) is 4.98 Å². The minimum atomic E-state index is 0.846. The molecule has 0 atom stereocenters. The molecule has 1 aromatic heterocycles. The molecule has 1 heterocycles. The van der Waals surface area contributed by atoms with E-state index in [-0.39, 0.29) is 0 Å². The van der Waals surface area contributed by atoms with Crippen molar-refractivity contribution >= 4 is 27.4 Å². The molecule has 2 rings (SSSR count). The van der Waals surface area contributed by atoms with Crippen molar-refractivity contribution in [1.82, 2.24) is 4.98 Å². The summed E-state index contributed by atoms with van der Waals surface area (Å²) in [6.45, 7) is 2.22. The second-order valence-corrected chi connectivity index (χ2v) is 5.11. The topological polar surface area (TPSA) is 24.9 Å². The van der Waals surface area contributed by atoms with Crippen LogP contribution < -0.4 is 5.32 Å². The van der Waals surface area contributed by atoms with Crippen LogP contribution in [0, 0.1) is 0 Å². The second-order valence-electron chi connectivity index (χ2n) is 4.26. The molecule has 1 N–H and O–H groups in total. The van der Waals surface area contributed by atoms with E-state index in [1.54, 1.807) is 6.20 Å². The van der Waals surface area contributed by atoms with Crippen molar-refractivity contribution in [3.8, 4) is 0 Å². The monoisotopic (exact) mass is 304 g/mol. The molecule has 18 heavy (non-hydrogen) atoms. The van der Waals surface area contributed by atoms with Crippen LogP contribution in [0.2, 0.25) is 0 Å². The highest BCUT2D eigenvalue weighted by Crippen LogP contribution is 2.23. The minimum Gasteiger partial charge on any atom is -0.339 e. The Morgan fingerprint density at radius 2 is 1.94 bits per heavy atom. The summed E-state index contributed by atoms with van der Waals surface area (Å²) in [7, 11) is 0. The Kier molecular flexibility index (Phi) is 4.76. The van der Waals surface area contributed by atoms with Gasteiger partial charge in [-0.15, -0.1) is 0 Å². The number of nitrogens with zero attached hydrogens (tertiary/aromatic N) is 1. The number of hydrogen-bond acceptors (Lipinski definition) is 2. The maximum Gasteiger partial charge on any atom is 0.144 e. The Hall–Kier alpha value is -1.35. The van der Waals surface area contributed by atoms with Crippen LogP contribution in [-0.4, -0.2) is 4.98 Å². The molecule has 0 spiro atoms. The molecule has 0 bridgehead atoms. The smallest absolute Gasteiger partial charge is 0.144 e. The van der Waals surface area contributed by atoms with Gasteiger partial charge in [-0.05, 0) is 58.6 Å². The first-order valence-electron chi connectivity index (χ1n) is 6.26. The van der Waals surface area contributed by atoms with Gasteiger partial charge in [-0.2, -0.15) is 0 Å². The van der Waals surface area contributed by atoms with Crippen LogP contribution in [0.1, 0.15) is 25.3 Å². The molecule has 0 radical (unpaired) electrons. The zero-order valence-corrected chi connectivity index (χ0v) is 12.1. The zero-order valence-electron chi connectivity index (χ0n) is 10.5. The third kappa shape index (κ3) is 3.57. The summed E-state index contributed by atoms with van der Waals surface area (Å²) in [4.78, 5) is 4.29. The van der Waals surface area contributed by atoms with E-state index >= 15 is 0 Å². The number of hydrogen-bond donors (Lipinski definition) is 1. The van der Waals surface area contributed by atoms with Gasteiger partial charge in [-0.3, -0.25) is 0 Å². The SMILES string of the molecule is CCCCc1ccc(Nc2ncccc2Br)cc1. The summed E-state index contributed by atoms with van der Waals surface area (Å²) < 4.78 is 0.972. The Balaban J connectivity index is 2.04. The van der Waals surface area contributed by atoms with Crippen molar-refractivity contribution in [2.45, 2.75) is 26.2 Å². The second kappa shape index (κ2) is 6.55. The van der Waals surface area contributed by atoms with E-state index in [9.17, 15) is 0 Å². The largest absolute Gasteiger partial charge is 0.339 e. The number of unbranched alkanes of at least 4 members (excludes halogenated alkanes) is 1. The molecular formula is C15H17BrN2. The molecule has 2 aromatic rings. The molecule has 0 fully saturated rings. The fraction of sp³-hybridized carbons (Fsp3) is 0.267. The van der Waals surface area contributed by atoms with Crippen molar-refractivity contribution in [2.24, 2.45) is 0 Å². The van der Waals surface area contributed by atoms with Crippen LogP contribution in [-0.2, 0) is 6.42 Å². The van der Waals surface area contributed by atoms with Gasteiger partial charge >= 0.3 is 0 Å². The molecule has 0 aliphatic rings. The van der Waals surface area contributed by atoms with E-state index in [0.717, 1.165) is 22.4 Å². The lowest BCUT2D eigenvalue weighted by Crippen LogP contribution is -1.94. The fourth-order valence-corrected chi connectivity index (χ4v) is 2.10. The minimum absolute atomic E-state index is 0.846. The maximum absolute atomic E-state index is 4.29. The van der Waals surface area contributed by atoms with Crippen molar-refractivity contribution in [3.05, 3.63) is 52.6 Å². The molecule has 0 aliphatic carbocycles. The number of rotatable bonds is 5. The summed E-state index contributed by atoms with van der Waals surface area (Å²) in [5.41, 5.74) is 2.46. The summed E-state index contributed by atoms with van der Waals surface area (Å²) in [6, 6.07) is 12.4. The highest BCUT2D eigenvalue weighted by Gasteiger charge is 2.00. The van der Waals surface area contributed by atoms with Gasteiger partial charge in [0.15, 0.2) is 0 Å². The standard InChI is InChI=1S/C15H17BrN2/c1-2-3-5-12-7-9-13(10-8-12)18-15-14(16)6-4-11-17-15/h4,6-11H,2-3,5H2,1H3,(H,17,18). The number of aromatic nitrogens is 1. The van der Waals surface area contributed by atoms with Gasteiger partial charge in [0, 0.05) is 11.9 Å². The molecule has 0 saturated carbocycles. The van der Waals surface area contributed by atoms with E-state index in [2.05, 4.69) is 57.4 Å². The molecule has 0 unspecified atom stereocenters. The van der Waals surface area contributed by atoms with Crippen LogP contribution in [0.25, 0.3) is 0 Å². The van der Waals surface area contributed by atoms with Gasteiger partial charge in [-0.1, -0.05) is 25.5 Å². The highest BCUT2D eigenvalue weighted by atomic mass is 79.9. The Morgan fingerprint density at radius 1 is 1.17 bits per heavy atom. The molecule has 1 aromatic carbocycles. The average Bonchev–Trinajstić information content (AvgIpc) is 2.41. The third-order valence-electron chi connectivity index (χ3n) is 2.79. The summed E-state index contributed by atoms with van der Waals surface area (Å²) in [5.74, 6) is 0.846. The predicted octanol–water partition coefficient (Wildman–Crippen LogP) is 4.93. The van der Waals surface area contributed by atoms with Gasteiger partial charge in [0.25, 0.3) is 0 Å². The van der Waals surface area contributed by atoms with Crippen LogP contribution in [0.4, 0.5) is 11.5 Å². The van der Waals surface area contributed by atoms with Crippen molar-refractivity contribution in [3.63, 3.8) is 0 Å². The van der Waals surface area contributed by atoms with Gasteiger partial charge in [0.1, 0.15) is 5.82 Å². The van der Waals surface area contributed by atoms with Crippen molar-refractivity contribution in [2.75, 3.05) is 5.32 Å². The number of nitrogens with one attached hydrogen (secondary N) is 1. The van der Waals surface area contributed by atoms with E-state index in [4.69, 9.17) is 0 Å². The number of pyridine rings is 1. The first kappa shape index (κ1) is 13.1. The Bertz CT molecular complexity index is 494. The average molecular weight is 305 g/mol. The quantitative estimate of drug-likeness (QED) is 0.847. The van der Waals surface area contributed by atoms with Gasteiger partial charge in [0.2, 0.25) is 0 Å². The molecule has 3 heteroatoms. The van der Waals surface area contributed by atoms with E-state index in [1.165, 1.54) is 18.4 Å². The maximum atomic E-state index is 4.29. The van der Waals surface area contributed by atoms with Crippen LogP contribution in [0.3, 0.4) is 0 Å². The van der Waals surface area contributed by atoms with Crippen molar-refractivity contribution in [1.29, 1.82) is 0 Å². The summed E-state index contributed by atoms with van der Waals surface area (Å²) in [5, 5.41) is 3.30. The lowest BCUT2D eigenvalue weighted by atomic mass is 10.1. The van der Waals surface area contributed by atoms with E-state index in [0.29, 0.717) is 0 Å². The van der Waals surface area contributed by atoms with E-state index < -0.39 is 0 Å². The highest BCUT2D eigenvalue weighted by molar-refractivity contribution is 9.10. The number of anilines is 2. The van der Waals surface area contributed by atoms with Crippen LogP contribution >= 0.6 is 15.9 Å². The molecule has 0 amide bonds. The van der Waals surface area contributed by atoms with Crippen LogP contribution in [0.15, 0.2) is 47.1 Å². The van der Waals surface area contributed by atoms with Gasteiger partial charge < -0.3 is 5.32 Å². The predicted molar refractivity (Wildman–Crippen MR) is 80.3 cm³/mol. The zero-order chi connectivity index (χ0) is 12.8. The van der Waals surface area contributed by atoms with Crippen molar-refractivity contribution < 1.29 is 0 Å². The number of aryl methyl sites for hydroxylation is 1.